The van der Waals surface area contributed by atoms with Crippen LogP contribution in [0.1, 0.15) is 11.3 Å². The predicted molar refractivity (Wildman–Crippen MR) is 107 cm³/mol. The third kappa shape index (κ3) is 4.51. The van der Waals surface area contributed by atoms with Crippen LogP contribution in [0.5, 0.6) is 5.75 Å². The van der Waals surface area contributed by atoms with Crippen LogP contribution in [0.2, 0.25) is 0 Å². The van der Waals surface area contributed by atoms with Crippen LogP contribution in [0.4, 0.5) is 11.6 Å². The molecule has 4 rings (SSSR count). The first-order chi connectivity index (χ1) is 14.2. The molecule has 9 nitrogen and oxygen atoms in total. The minimum Gasteiger partial charge on any atom is -0.496 e. The molecule has 29 heavy (non-hydrogen) atoms. The molecule has 2 aromatic heterocycles. The summed E-state index contributed by atoms with van der Waals surface area (Å²) in [5, 5.41) is 19.2. The summed E-state index contributed by atoms with van der Waals surface area (Å²) in [5.41, 5.74) is 3.20. The average Bonchev–Trinajstić information content (AvgIpc) is 3.23. The molecule has 0 bridgehead atoms. The highest BCUT2D eigenvalue weighted by Crippen LogP contribution is 2.31. The van der Waals surface area contributed by atoms with Crippen LogP contribution >= 0.6 is 0 Å². The highest BCUT2D eigenvalue weighted by molar-refractivity contribution is 5.71. The normalized spacial score (nSPS) is 14.3. The number of nitrogens with zero attached hydrogens (tertiary/aromatic N) is 5. The molecule has 1 saturated heterocycles. The fourth-order valence-corrected chi connectivity index (χ4v) is 3.18. The number of rotatable bonds is 6. The molecular formula is C20H21N7O2. The number of benzene rings is 1. The number of aromatic amines is 1. The van der Waals surface area contributed by atoms with Crippen LogP contribution in [0, 0.1) is 11.3 Å². The third-order valence-electron chi connectivity index (χ3n) is 4.67. The maximum Gasteiger partial charge on any atom is 0.158 e. The Morgan fingerprint density at radius 2 is 2.07 bits per heavy atom. The van der Waals surface area contributed by atoms with Crippen LogP contribution in [-0.2, 0) is 11.3 Å². The van der Waals surface area contributed by atoms with Crippen molar-refractivity contribution >= 4 is 11.6 Å². The van der Waals surface area contributed by atoms with Crippen molar-refractivity contribution in [1.29, 1.82) is 5.26 Å². The quantitative estimate of drug-likeness (QED) is 0.658. The first-order valence-corrected chi connectivity index (χ1v) is 9.27. The van der Waals surface area contributed by atoms with E-state index in [-0.39, 0.29) is 5.69 Å². The first kappa shape index (κ1) is 18.9. The Balaban J connectivity index is 1.49. The standard InChI is InChI=1S/C20H21N7O2/c1-28-18-8-14(13-27-4-6-29-7-5-27)2-3-16(18)17-9-19(26-25-17)24-20-12-22-15(10-21)11-23-20/h2-3,8-9,11-12H,4-7,13H2,1H3,(H2,23,24,25,26). The molecule has 1 aliphatic heterocycles. The number of anilines is 2. The van der Waals surface area contributed by atoms with Crippen molar-refractivity contribution in [2.24, 2.45) is 0 Å². The minimum absolute atomic E-state index is 0.264. The number of methoxy groups -OCH3 is 1. The Morgan fingerprint density at radius 3 is 2.79 bits per heavy atom. The Morgan fingerprint density at radius 1 is 1.21 bits per heavy atom. The van der Waals surface area contributed by atoms with Crippen molar-refractivity contribution in [3.63, 3.8) is 0 Å². The topological polar surface area (TPSA) is 112 Å². The molecule has 1 fully saturated rings. The van der Waals surface area contributed by atoms with Crippen molar-refractivity contribution in [3.05, 3.63) is 47.9 Å². The lowest BCUT2D eigenvalue weighted by molar-refractivity contribution is 0.0342. The molecule has 0 unspecified atom stereocenters. The Bertz CT molecular complexity index is 1000. The molecule has 0 saturated carbocycles. The summed E-state index contributed by atoms with van der Waals surface area (Å²) >= 11 is 0. The van der Waals surface area contributed by atoms with E-state index in [0.29, 0.717) is 11.6 Å². The van der Waals surface area contributed by atoms with Gasteiger partial charge in [-0.15, -0.1) is 0 Å². The van der Waals surface area contributed by atoms with Gasteiger partial charge in [0.25, 0.3) is 0 Å². The zero-order valence-electron chi connectivity index (χ0n) is 16.1. The number of aromatic nitrogens is 4. The average molecular weight is 391 g/mol. The lowest BCUT2D eigenvalue weighted by Gasteiger charge is -2.26. The molecular weight excluding hydrogens is 370 g/mol. The summed E-state index contributed by atoms with van der Waals surface area (Å²) in [5.74, 6) is 1.89. The molecule has 3 aromatic rings. The lowest BCUT2D eigenvalue weighted by atomic mass is 10.1. The molecule has 0 amide bonds. The van der Waals surface area contributed by atoms with E-state index in [0.717, 1.165) is 49.9 Å². The Hall–Kier alpha value is -3.48. The first-order valence-electron chi connectivity index (χ1n) is 9.27. The van der Waals surface area contributed by atoms with Crippen molar-refractivity contribution < 1.29 is 9.47 Å². The maximum absolute atomic E-state index is 8.80. The zero-order chi connectivity index (χ0) is 20.1. The van der Waals surface area contributed by atoms with E-state index < -0.39 is 0 Å². The van der Waals surface area contributed by atoms with Gasteiger partial charge in [0, 0.05) is 31.3 Å². The Kier molecular flexibility index (Phi) is 5.65. The molecule has 0 aliphatic carbocycles. The van der Waals surface area contributed by atoms with Crippen LogP contribution in [0.3, 0.4) is 0 Å². The summed E-state index contributed by atoms with van der Waals surface area (Å²) in [6.45, 7) is 4.31. The Labute approximate surface area is 168 Å². The number of H-pyrrole nitrogens is 1. The fraction of sp³-hybridized carbons (Fsp3) is 0.300. The summed E-state index contributed by atoms with van der Waals surface area (Å²) in [7, 11) is 1.67. The predicted octanol–water partition coefficient (Wildman–Crippen LogP) is 2.32. The summed E-state index contributed by atoms with van der Waals surface area (Å²) < 4.78 is 11.0. The number of nitriles is 1. The highest BCUT2D eigenvalue weighted by atomic mass is 16.5. The molecule has 2 N–H and O–H groups in total. The largest absolute Gasteiger partial charge is 0.496 e. The molecule has 148 valence electrons. The number of morpholine rings is 1. The van der Waals surface area contributed by atoms with Crippen LogP contribution in [0.25, 0.3) is 11.3 Å². The van der Waals surface area contributed by atoms with Gasteiger partial charge in [0.15, 0.2) is 11.5 Å². The summed E-state index contributed by atoms with van der Waals surface area (Å²) in [4.78, 5) is 10.5. The molecule has 0 spiro atoms. The van der Waals surface area contributed by atoms with E-state index in [1.165, 1.54) is 18.0 Å². The zero-order valence-corrected chi connectivity index (χ0v) is 16.1. The van der Waals surface area contributed by atoms with Gasteiger partial charge in [-0.3, -0.25) is 10.00 Å². The van der Waals surface area contributed by atoms with E-state index in [2.05, 4.69) is 42.5 Å². The molecule has 3 heterocycles. The molecule has 9 heteroatoms. The van der Waals surface area contributed by atoms with Gasteiger partial charge in [-0.2, -0.15) is 10.4 Å². The number of hydrogen-bond donors (Lipinski definition) is 2. The number of hydrogen-bond acceptors (Lipinski definition) is 8. The summed E-state index contributed by atoms with van der Waals surface area (Å²) in [6, 6.07) is 10.0. The van der Waals surface area contributed by atoms with E-state index >= 15 is 0 Å². The van der Waals surface area contributed by atoms with Gasteiger partial charge in [0.2, 0.25) is 0 Å². The van der Waals surface area contributed by atoms with Crippen molar-refractivity contribution in [1.82, 2.24) is 25.1 Å². The van der Waals surface area contributed by atoms with Gasteiger partial charge in [0.1, 0.15) is 17.6 Å². The van der Waals surface area contributed by atoms with Crippen molar-refractivity contribution in [3.8, 4) is 23.1 Å². The van der Waals surface area contributed by atoms with E-state index in [4.69, 9.17) is 14.7 Å². The second kappa shape index (κ2) is 8.68. The monoisotopic (exact) mass is 391 g/mol. The van der Waals surface area contributed by atoms with Gasteiger partial charge in [-0.25, -0.2) is 9.97 Å². The third-order valence-corrected chi connectivity index (χ3v) is 4.67. The van der Waals surface area contributed by atoms with Gasteiger partial charge in [0.05, 0.1) is 38.4 Å². The van der Waals surface area contributed by atoms with Crippen LogP contribution in [-0.4, -0.2) is 58.5 Å². The van der Waals surface area contributed by atoms with Crippen LogP contribution < -0.4 is 10.1 Å². The minimum atomic E-state index is 0.264. The number of nitrogens with one attached hydrogen (secondary N) is 2. The van der Waals surface area contributed by atoms with Crippen molar-refractivity contribution in [2.45, 2.75) is 6.54 Å². The molecule has 1 aliphatic rings. The van der Waals surface area contributed by atoms with Gasteiger partial charge in [-0.1, -0.05) is 6.07 Å². The van der Waals surface area contributed by atoms with Gasteiger partial charge < -0.3 is 14.8 Å². The van der Waals surface area contributed by atoms with E-state index in [1.807, 2.05) is 18.2 Å². The lowest BCUT2D eigenvalue weighted by Crippen LogP contribution is -2.35. The molecule has 0 atom stereocenters. The second-order valence-corrected chi connectivity index (χ2v) is 6.61. The fourth-order valence-electron chi connectivity index (χ4n) is 3.18. The highest BCUT2D eigenvalue weighted by Gasteiger charge is 2.14. The summed E-state index contributed by atoms with van der Waals surface area (Å²) in [6.07, 6.45) is 2.90. The van der Waals surface area contributed by atoms with Gasteiger partial charge in [-0.05, 0) is 17.7 Å². The van der Waals surface area contributed by atoms with E-state index in [9.17, 15) is 0 Å². The molecule has 0 radical (unpaired) electrons. The maximum atomic E-state index is 8.80. The molecule has 1 aromatic carbocycles. The van der Waals surface area contributed by atoms with Crippen LogP contribution in [0.15, 0.2) is 36.7 Å². The second-order valence-electron chi connectivity index (χ2n) is 6.61. The van der Waals surface area contributed by atoms with Crippen molar-refractivity contribution in [2.75, 3.05) is 38.7 Å². The smallest absolute Gasteiger partial charge is 0.158 e. The SMILES string of the molecule is COc1cc(CN2CCOCC2)ccc1-c1cc(Nc2cnc(C#N)cn2)n[nH]1. The van der Waals surface area contributed by atoms with E-state index in [1.54, 1.807) is 7.11 Å². The number of ether oxygens (including phenoxy) is 2. The van der Waals surface area contributed by atoms with Gasteiger partial charge >= 0.3 is 0 Å².